The van der Waals surface area contributed by atoms with Crippen LogP contribution in [0.15, 0.2) is 66.7 Å². The number of hydrogen-bond acceptors (Lipinski definition) is 6. The van der Waals surface area contributed by atoms with Gasteiger partial charge in [0.25, 0.3) is 5.91 Å². The van der Waals surface area contributed by atoms with Crippen molar-refractivity contribution >= 4 is 52.0 Å². The Morgan fingerprint density at radius 2 is 1.86 bits per heavy atom. The number of benzene rings is 3. The predicted molar refractivity (Wildman–Crippen MR) is 139 cm³/mol. The molecule has 0 saturated heterocycles. The van der Waals surface area contributed by atoms with Gasteiger partial charge in [-0.2, -0.15) is 8.75 Å². The average Bonchev–Trinajstić information content (AvgIpc) is 3.28. The summed E-state index contributed by atoms with van der Waals surface area (Å²) in [6, 6.07) is 18.4. The van der Waals surface area contributed by atoms with E-state index in [0.717, 1.165) is 27.2 Å². The molecule has 0 fully saturated rings. The molecule has 0 N–H and O–H groups in total. The summed E-state index contributed by atoms with van der Waals surface area (Å²) in [5, 5.41) is 0.195. The third kappa shape index (κ3) is 5.79. The maximum absolute atomic E-state index is 13.5. The smallest absolute Gasteiger partial charge is 0.256 e. The van der Waals surface area contributed by atoms with Gasteiger partial charge in [0.15, 0.2) is 5.82 Å². The minimum atomic E-state index is -2.79. The monoisotopic (exact) mass is 543 g/mol. The second-order valence-electron chi connectivity index (χ2n) is 8.13. The topological polar surface area (TPSA) is 89.5 Å². The lowest BCUT2D eigenvalue weighted by Crippen LogP contribution is -2.30. The largest absolute Gasteiger partial charge is 0.755 e. The predicted octanol–water partition coefficient (Wildman–Crippen LogP) is 5.43. The van der Waals surface area contributed by atoms with E-state index in [1.54, 1.807) is 32.2 Å². The highest BCUT2D eigenvalue weighted by atomic mass is 35.5. The van der Waals surface area contributed by atoms with Crippen molar-refractivity contribution in [3.63, 3.8) is 0 Å². The molecule has 0 bridgehead atoms. The second-order valence-corrected chi connectivity index (χ2v) is 9.86. The van der Waals surface area contributed by atoms with Crippen LogP contribution < -0.4 is 4.31 Å². The quantitative estimate of drug-likeness (QED) is 0.276. The molecule has 1 heterocycles. The van der Waals surface area contributed by atoms with Crippen LogP contribution in [0, 0.1) is 12.7 Å². The Morgan fingerprint density at radius 3 is 2.56 bits per heavy atom. The van der Waals surface area contributed by atoms with Gasteiger partial charge >= 0.3 is 0 Å². The van der Waals surface area contributed by atoms with Crippen molar-refractivity contribution in [1.82, 2.24) is 13.6 Å². The van der Waals surface area contributed by atoms with Gasteiger partial charge in [-0.3, -0.25) is 13.3 Å². The van der Waals surface area contributed by atoms with Crippen LogP contribution in [0.4, 0.5) is 15.9 Å². The molecular formula is C25H21ClFN4O3S2-. The number of carbonyl (C=O) groups excluding carboxylic acids is 1. The van der Waals surface area contributed by atoms with Gasteiger partial charge in [0.05, 0.1) is 34.2 Å². The Morgan fingerprint density at radius 1 is 1.11 bits per heavy atom. The molecule has 186 valence electrons. The molecule has 11 heteroatoms. The summed E-state index contributed by atoms with van der Waals surface area (Å²) in [5.74, 6) is -0.773. The highest BCUT2D eigenvalue weighted by Crippen LogP contribution is 2.34. The zero-order chi connectivity index (χ0) is 25.8. The third-order valence-corrected chi connectivity index (χ3v) is 7.04. The van der Waals surface area contributed by atoms with Crippen LogP contribution >= 0.6 is 23.3 Å². The van der Waals surface area contributed by atoms with Crippen LogP contribution in [0.5, 0.6) is 0 Å². The lowest BCUT2D eigenvalue weighted by Gasteiger charge is -2.28. The first-order chi connectivity index (χ1) is 17.2. The molecule has 1 unspecified atom stereocenters. The van der Waals surface area contributed by atoms with Crippen molar-refractivity contribution in [1.29, 1.82) is 0 Å². The van der Waals surface area contributed by atoms with E-state index in [0.29, 0.717) is 17.7 Å². The fraction of sp³-hybridized carbons (Fsp3) is 0.160. The second kappa shape index (κ2) is 11.3. The van der Waals surface area contributed by atoms with E-state index < -0.39 is 23.0 Å². The lowest BCUT2D eigenvalue weighted by atomic mass is 10.1. The maximum atomic E-state index is 13.5. The molecule has 36 heavy (non-hydrogen) atoms. The minimum absolute atomic E-state index is 0.100. The molecule has 1 aromatic heterocycles. The molecule has 4 aromatic rings. The fourth-order valence-corrected chi connectivity index (χ4v) is 5.12. The van der Waals surface area contributed by atoms with Crippen molar-refractivity contribution in [3.05, 3.63) is 106 Å². The van der Waals surface area contributed by atoms with E-state index in [-0.39, 0.29) is 28.6 Å². The van der Waals surface area contributed by atoms with Crippen LogP contribution in [0.2, 0.25) is 5.02 Å². The van der Waals surface area contributed by atoms with Gasteiger partial charge in [-0.1, -0.05) is 54.1 Å². The van der Waals surface area contributed by atoms with E-state index in [2.05, 4.69) is 8.75 Å². The zero-order valence-electron chi connectivity index (χ0n) is 19.4. The Kier molecular flexibility index (Phi) is 8.10. The van der Waals surface area contributed by atoms with Crippen molar-refractivity contribution in [2.24, 2.45) is 0 Å². The van der Waals surface area contributed by atoms with Gasteiger partial charge in [-0.05, 0) is 47.9 Å². The third-order valence-electron chi connectivity index (χ3n) is 5.46. The number of anilines is 2. The first-order valence-corrected chi connectivity index (χ1v) is 12.9. The number of aryl methyl sites for hydroxylation is 1. The number of carbonyl (C=O) groups is 1. The van der Waals surface area contributed by atoms with E-state index in [4.69, 9.17) is 11.6 Å². The first kappa shape index (κ1) is 25.9. The molecule has 0 aliphatic heterocycles. The van der Waals surface area contributed by atoms with E-state index in [9.17, 15) is 17.9 Å². The highest BCUT2D eigenvalue weighted by Gasteiger charge is 2.26. The molecular weight excluding hydrogens is 523 g/mol. The van der Waals surface area contributed by atoms with E-state index in [1.165, 1.54) is 23.1 Å². The zero-order valence-corrected chi connectivity index (χ0v) is 21.7. The van der Waals surface area contributed by atoms with Gasteiger partial charge in [0.1, 0.15) is 11.5 Å². The van der Waals surface area contributed by atoms with Gasteiger partial charge < -0.3 is 9.45 Å². The minimum Gasteiger partial charge on any atom is -0.755 e. The Balaban J connectivity index is 1.71. The summed E-state index contributed by atoms with van der Waals surface area (Å²) in [6.45, 7) is 1.90. The maximum Gasteiger partial charge on any atom is 0.256 e. The molecule has 3 aromatic carbocycles. The van der Waals surface area contributed by atoms with Crippen LogP contribution in [-0.4, -0.2) is 35.4 Å². The summed E-state index contributed by atoms with van der Waals surface area (Å²) >= 11 is 4.25. The van der Waals surface area contributed by atoms with Crippen molar-refractivity contribution in [3.8, 4) is 0 Å². The van der Waals surface area contributed by atoms with Crippen LogP contribution in [0.1, 0.15) is 32.7 Å². The molecule has 4 rings (SSSR count). The summed E-state index contributed by atoms with van der Waals surface area (Å²) < 4.78 is 48.0. The number of amides is 1. The van der Waals surface area contributed by atoms with Gasteiger partial charge in [-0.15, -0.1) is 0 Å². The molecule has 0 aliphatic carbocycles. The molecule has 0 saturated carbocycles. The summed E-state index contributed by atoms with van der Waals surface area (Å²) in [7, 11) is 1.56. The summed E-state index contributed by atoms with van der Waals surface area (Å²) in [4.78, 5) is 14.9. The standard InChI is InChI=1S/C25H22ClFN4O3S2/c1-16-8-11-20(25(32)30(2)15-18-9-10-19(27)14-21(18)26)23(12-16)31(36(33)34)24-22(28-35-29-24)13-17-6-4-3-5-7-17/h3-12,14H,13,15H2,1-2H3,(H,33,34)/p-1. The molecule has 1 atom stereocenters. The average molecular weight is 544 g/mol. The van der Waals surface area contributed by atoms with Gasteiger partial charge in [-0.25, -0.2) is 4.39 Å². The van der Waals surface area contributed by atoms with Crippen molar-refractivity contribution in [2.45, 2.75) is 19.9 Å². The molecule has 7 nitrogen and oxygen atoms in total. The van der Waals surface area contributed by atoms with Gasteiger partial charge in [0.2, 0.25) is 0 Å². The number of halogens is 2. The van der Waals surface area contributed by atoms with E-state index in [1.807, 2.05) is 30.3 Å². The van der Waals surface area contributed by atoms with E-state index >= 15 is 0 Å². The summed E-state index contributed by atoms with van der Waals surface area (Å²) in [6.07, 6.45) is 0.373. The number of rotatable bonds is 8. The molecule has 1 amide bonds. The number of nitrogens with zero attached hydrogens (tertiary/aromatic N) is 4. The number of aromatic nitrogens is 2. The molecule has 0 spiro atoms. The Bertz CT molecular complexity index is 1420. The van der Waals surface area contributed by atoms with Crippen molar-refractivity contribution < 1.29 is 17.9 Å². The Labute approximate surface area is 219 Å². The first-order valence-electron chi connectivity index (χ1n) is 10.8. The van der Waals surface area contributed by atoms with Crippen molar-refractivity contribution in [2.75, 3.05) is 11.4 Å². The molecule has 0 radical (unpaired) electrons. The van der Waals surface area contributed by atoms with Crippen LogP contribution in [0.25, 0.3) is 0 Å². The fourth-order valence-electron chi connectivity index (χ4n) is 3.70. The normalized spacial score (nSPS) is 11.8. The Hall–Kier alpha value is -3.18. The highest BCUT2D eigenvalue weighted by molar-refractivity contribution is 7.81. The van der Waals surface area contributed by atoms with Gasteiger partial charge in [0, 0.05) is 25.0 Å². The SMILES string of the molecule is Cc1ccc(C(=O)N(C)Cc2ccc(F)cc2Cl)c(N(c2nsnc2Cc2ccccc2)S(=O)[O-])c1. The number of hydrogen-bond donors (Lipinski definition) is 0. The van der Waals surface area contributed by atoms with Crippen LogP contribution in [0.3, 0.4) is 0 Å². The van der Waals surface area contributed by atoms with Crippen LogP contribution in [-0.2, 0) is 24.2 Å². The summed E-state index contributed by atoms with van der Waals surface area (Å²) in [5.41, 5.74) is 3.05. The lowest BCUT2D eigenvalue weighted by molar-refractivity contribution is 0.0786. The molecule has 0 aliphatic rings.